The fourth-order valence-electron chi connectivity index (χ4n) is 1.12. The molecule has 0 aliphatic rings. The van der Waals surface area contributed by atoms with Gasteiger partial charge in [0.05, 0.1) is 0 Å². The van der Waals surface area contributed by atoms with E-state index in [0.29, 0.717) is 0 Å². The summed E-state index contributed by atoms with van der Waals surface area (Å²) in [6.07, 6.45) is 3.78. The lowest BCUT2D eigenvalue weighted by atomic mass is 10.3. The van der Waals surface area contributed by atoms with E-state index in [4.69, 9.17) is 0 Å². The van der Waals surface area contributed by atoms with E-state index in [2.05, 4.69) is 15.2 Å². The second kappa shape index (κ2) is 2.48. The normalized spacial score (nSPS) is 10.5. The molecule has 4 nitrogen and oxygen atoms in total. The summed E-state index contributed by atoms with van der Waals surface area (Å²) in [5.41, 5.74) is 1.07. The molecule has 2 aromatic heterocycles. The lowest BCUT2D eigenvalue weighted by Crippen LogP contribution is -1.93. The van der Waals surface area contributed by atoms with Crippen molar-refractivity contribution < 1.29 is 0 Å². The molecule has 0 spiro atoms. The Balaban J connectivity index is 2.55. The van der Waals surface area contributed by atoms with Crippen LogP contribution in [0.5, 0.6) is 0 Å². The van der Waals surface area contributed by atoms with Gasteiger partial charge in [0.2, 0.25) is 0 Å². The summed E-state index contributed by atoms with van der Waals surface area (Å²) < 4.78 is 1.96. The van der Waals surface area contributed by atoms with Gasteiger partial charge in [-0.2, -0.15) is 0 Å². The van der Waals surface area contributed by atoms with Crippen LogP contribution in [-0.2, 0) is 7.05 Å². The Labute approximate surface area is 70.3 Å². The molecule has 0 bridgehead atoms. The SMILES string of the molecule is Cc1nnc(-c2cc[nH]c2)n1C. The Kier molecular flexibility index (Phi) is 1.46. The van der Waals surface area contributed by atoms with Crippen LogP contribution in [0.2, 0.25) is 0 Å². The number of nitrogens with one attached hydrogen (secondary N) is 1. The number of aromatic amines is 1. The Morgan fingerprint density at radius 1 is 1.42 bits per heavy atom. The third-order valence-electron chi connectivity index (χ3n) is 1.95. The molecule has 4 heteroatoms. The Morgan fingerprint density at radius 2 is 2.25 bits per heavy atom. The molecule has 0 aliphatic heterocycles. The topological polar surface area (TPSA) is 46.5 Å². The Morgan fingerprint density at radius 3 is 2.75 bits per heavy atom. The third kappa shape index (κ3) is 0.922. The fourth-order valence-corrected chi connectivity index (χ4v) is 1.12. The molecule has 0 saturated heterocycles. The maximum absolute atomic E-state index is 4.05. The van der Waals surface area contributed by atoms with Crippen molar-refractivity contribution in [3.63, 3.8) is 0 Å². The van der Waals surface area contributed by atoms with Gasteiger partial charge < -0.3 is 9.55 Å². The largest absolute Gasteiger partial charge is 0.367 e. The van der Waals surface area contributed by atoms with Gasteiger partial charge in [-0.15, -0.1) is 10.2 Å². The molecular weight excluding hydrogens is 152 g/mol. The molecule has 0 unspecified atom stereocenters. The van der Waals surface area contributed by atoms with Gasteiger partial charge >= 0.3 is 0 Å². The van der Waals surface area contributed by atoms with Gasteiger partial charge in [0.15, 0.2) is 5.82 Å². The molecule has 1 N–H and O–H groups in total. The maximum atomic E-state index is 4.05. The third-order valence-corrected chi connectivity index (χ3v) is 1.95. The number of aromatic nitrogens is 4. The fraction of sp³-hybridized carbons (Fsp3) is 0.250. The molecule has 0 atom stereocenters. The Hall–Kier alpha value is -1.58. The molecule has 2 rings (SSSR count). The van der Waals surface area contributed by atoms with E-state index < -0.39 is 0 Å². The van der Waals surface area contributed by atoms with Gasteiger partial charge in [-0.25, -0.2) is 0 Å². The van der Waals surface area contributed by atoms with E-state index in [0.717, 1.165) is 17.2 Å². The van der Waals surface area contributed by atoms with Gasteiger partial charge in [-0.3, -0.25) is 0 Å². The van der Waals surface area contributed by atoms with E-state index in [-0.39, 0.29) is 0 Å². The van der Waals surface area contributed by atoms with Crippen molar-refractivity contribution in [2.75, 3.05) is 0 Å². The van der Waals surface area contributed by atoms with Crippen molar-refractivity contribution in [1.82, 2.24) is 19.7 Å². The first-order valence-corrected chi connectivity index (χ1v) is 3.78. The van der Waals surface area contributed by atoms with E-state index in [9.17, 15) is 0 Å². The lowest BCUT2D eigenvalue weighted by Gasteiger charge is -1.96. The molecule has 2 aromatic rings. The van der Waals surface area contributed by atoms with Crippen molar-refractivity contribution in [1.29, 1.82) is 0 Å². The first kappa shape index (κ1) is 7.09. The number of aryl methyl sites for hydroxylation is 1. The first-order chi connectivity index (χ1) is 5.79. The summed E-state index contributed by atoms with van der Waals surface area (Å²) in [5, 5.41) is 8.02. The average Bonchev–Trinajstić information content (AvgIpc) is 2.64. The number of hydrogen-bond acceptors (Lipinski definition) is 2. The van der Waals surface area contributed by atoms with Crippen molar-refractivity contribution in [3.05, 3.63) is 24.3 Å². The summed E-state index contributed by atoms with van der Waals surface area (Å²) in [7, 11) is 1.96. The molecule has 12 heavy (non-hydrogen) atoms. The minimum Gasteiger partial charge on any atom is -0.367 e. The van der Waals surface area contributed by atoms with Crippen LogP contribution in [-0.4, -0.2) is 19.7 Å². The number of hydrogen-bond donors (Lipinski definition) is 1. The molecule has 0 radical (unpaired) electrons. The molecule has 0 saturated carbocycles. The van der Waals surface area contributed by atoms with Crippen molar-refractivity contribution in [2.24, 2.45) is 7.05 Å². The molecule has 62 valence electrons. The minimum absolute atomic E-state index is 0.897. The van der Waals surface area contributed by atoms with Crippen LogP contribution >= 0.6 is 0 Å². The number of H-pyrrole nitrogens is 1. The predicted octanol–water partition coefficient (Wildman–Crippen LogP) is 1.12. The predicted molar refractivity (Wildman–Crippen MR) is 45.5 cm³/mol. The van der Waals surface area contributed by atoms with Crippen LogP contribution in [0, 0.1) is 6.92 Å². The molecule has 2 heterocycles. The van der Waals surface area contributed by atoms with Crippen LogP contribution in [0.4, 0.5) is 0 Å². The molecule has 0 aliphatic carbocycles. The van der Waals surface area contributed by atoms with Crippen LogP contribution in [0.3, 0.4) is 0 Å². The van der Waals surface area contributed by atoms with Crippen LogP contribution in [0.15, 0.2) is 18.5 Å². The number of rotatable bonds is 1. The second-order valence-electron chi connectivity index (χ2n) is 2.73. The zero-order valence-corrected chi connectivity index (χ0v) is 7.07. The first-order valence-electron chi connectivity index (χ1n) is 3.78. The Bertz CT molecular complexity index is 372. The molecule has 0 fully saturated rings. The van der Waals surface area contributed by atoms with Gasteiger partial charge in [0, 0.05) is 25.0 Å². The number of nitrogens with zero attached hydrogens (tertiary/aromatic N) is 3. The zero-order valence-electron chi connectivity index (χ0n) is 7.07. The van der Waals surface area contributed by atoms with Crippen LogP contribution in [0.25, 0.3) is 11.4 Å². The summed E-state index contributed by atoms with van der Waals surface area (Å²) in [5.74, 6) is 1.82. The van der Waals surface area contributed by atoms with Crippen LogP contribution < -0.4 is 0 Å². The summed E-state index contributed by atoms with van der Waals surface area (Å²) >= 11 is 0. The highest BCUT2D eigenvalue weighted by molar-refractivity contribution is 5.53. The van der Waals surface area contributed by atoms with Crippen molar-refractivity contribution in [3.8, 4) is 11.4 Å². The lowest BCUT2D eigenvalue weighted by molar-refractivity contribution is 0.865. The van der Waals surface area contributed by atoms with Crippen LogP contribution in [0.1, 0.15) is 5.82 Å². The van der Waals surface area contributed by atoms with E-state index in [1.165, 1.54) is 0 Å². The van der Waals surface area contributed by atoms with Gasteiger partial charge in [-0.05, 0) is 13.0 Å². The van der Waals surface area contributed by atoms with Gasteiger partial charge in [0.1, 0.15) is 5.82 Å². The molecular formula is C8H10N4. The zero-order chi connectivity index (χ0) is 8.55. The quantitative estimate of drug-likeness (QED) is 0.683. The second-order valence-corrected chi connectivity index (χ2v) is 2.73. The highest BCUT2D eigenvalue weighted by atomic mass is 15.3. The standard InChI is InChI=1S/C8H10N4/c1-6-10-11-8(12(6)2)7-3-4-9-5-7/h3-5,9H,1-2H3. The molecule has 0 amide bonds. The van der Waals surface area contributed by atoms with Crippen molar-refractivity contribution >= 4 is 0 Å². The summed E-state index contributed by atoms with van der Waals surface area (Å²) in [4.78, 5) is 2.98. The highest BCUT2D eigenvalue weighted by Crippen LogP contribution is 2.14. The monoisotopic (exact) mass is 162 g/mol. The summed E-state index contributed by atoms with van der Waals surface area (Å²) in [6.45, 7) is 1.93. The molecule has 0 aromatic carbocycles. The van der Waals surface area contributed by atoms with Crippen molar-refractivity contribution in [2.45, 2.75) is 6.92 Å². The maximum Gasteiger partial charge on any atom is 0.165 e. The van der Waals surface area contributed by atoms with Gasteiger partial charge in [-0.1, -0.05) is 0 Å². The minimum atomic E-state index is 0.897. The summed E-state index contributed by atoms with van der Waals surface area (Å²) in [6, 6.07) is 1.98. The van der Waals surface area contributed by atoms with E-state index in [1.54, 1.807) is 0 Å². The van der Waals surface area contributed by atoms with Gasteiger partial charge in [0.25, 0.3) is 0 Å². The van der Waals surface area contributed by atoms with E-state index in [1.807, 2.05) is 37.0 Å². The highest BCUT2D eigenvalue weighted by Gasteiger charge is 2.06. The van der Waals surface area contributed by atoms with E-state index >= 15 is 0 Å². The smallest absolute Gasteiger partial charge is 0.165 e. The average molecular weight is 162 g/mol.